The van der Waals surface area contributed by atoms with Crippen LogP contribution in [0.1, 0.15) is 26.2 Å². The number of hydrogen-bond acceptors (Lipinski definition) is 4. The zero-order chi connectivity index (χ0) is 13.4. The molecule has 0 aliphatic carbocycles. The van der Waals surface area contributed by atoms with E-state index in [1.165, 1.54) is 6.29 Å². The van der Waals surface area contributed by atoms with Crippen LogP contribution >= 0.6 is 0 Å². The average molecular weight is 256 g/mol. The predicted molar refractivity (Wildman–Crippen MR) is 73.8 cm³/mol. The van der Waals surface area contributed by atoms with Gasteiger partial charge in [-0.1, -0.05) is 6.92 Å². The Bertz CT molecular complexity index is 238. The van der Waals surface area contributed by atoms with E-state index in [1.54, 1.807) is 0 Å². The van der Waals surface area contributed by atoms with Crippen molar-refractivity contribution in [3.05, 3.63) is 0 Å². The van der Waals surface area contributed by atoms with Gasteiger partial charge in [-0.15, -0.1) is 0 Å². The molecule has 0 radical (unpaired) electrons. The molecule has 0 amide bonds. The highest BCUT2D eigenvalue weighted by atomic mass is 16.5. The number of carbonyl (C=O) groups excluding carboxylic acids is 1. The molecule has 0 atom stereocenters. The second-order valence-corrected chi connectivity index (χ2v) is 5.62. The summed E-state index contributed by atoms with van der Waals surface area (Å²) in [6.07, 6.45) is 4.08. The van der Waals surface area contributed by atoms with Crippen molar-refractivity contribution in [3.8, 4) is 0 Å². The number of carbonyl (C=O) groups is 1. The van der Waals surface area contributed by atoms with Gasteiger partial charge in [0.15, 0.2) is 0 Å². The SMILES string of the molecule is CCN(CCCN(C)C)CC1(C=O)CCOCC1. The van der Waals surface area contributed by atoms with Crippen LogP contribution in [0.2, 0.25) is 0 Å². The molecule has 1 fully saturated rings. The van der Waals surface area contributed by atoms with Crippen LogP contribution in [0.15, 0.2) is 0 Å². The molecule has 0 aromatic carbocycles. The summed E-state index contributed by atoms with van der Waals surface area (Å²) in [5.74, 6) is 0. The summed E-state index contributed by atoms with van der Waals surface area (Å²) in [5.41, 5.74) is -0.160. The van der Waals surface area contributed by atoms with Crippen molar-refractivity contribution in [2.45, 2.75) is 26.2 Å². The molecule has 4 heteroatoms. The van der Waals surface area contributed by atoms with Gasteiger partial charge in [-0.2, -0.15) is 0 Å². The molecule has 0 bridgehead atoms. The van der Waals surface area contributed by atoms with Gasteiger partial charge in [-0.3, -0.25) is 0 Å². The van der Waals surface area contributed by atoms with Crippen molar-refractivity contribution >= 4 is 6.29 Å². The summed E-state index contributed by atoms with van der Waals surface area (Å²) in [7, 11) is 4.20. The molecule has 1 aliphatic rings. The monoisotopic (exact) mass is 256 g/mol. The normalized spacial score (nSPS) is 19.4. The second kappa shape index (κ2) is 7.87. The van der Waals surface area contributed by atoms with Gasteiger partial charge in [0.2, 0.25) is 0 Å². The van der Waals surface area contributed by atoms with Crippen molar-refractivity contribution in [2.24, 2.45) is 5.41 Å². The maximum absolute atomic E-state index is 11.4. The quantitative estimate of drug-likeness (QED) is 0.612. The van der Waals surface area contributed by atoms with Crippen LogP contribution in [0.25, 0.3) is 0 Å². The zero-order valence-corrected chi connectivity index (χ0v) is 12.2. The minimum Gasteiger partial charge on any atom is -0.381 e. The highest BCUT2D eigenvalue weighted by Crippen LogP contribution is 2.29. The molecule has 1 saturated heterocycles. The Kier molecular flexibility index (Phi) is 6.82. The number of rotatable bonds is 8. The lowest BCUT2D eigenvalue weighted by Gasteiger charge is -2.36. The Morgan fingerprint density at radius 2 is 1.89 bits per heavy atom. The molecule has 106 valence electrons. The van der Waals surface area contributed by atoms with Crippen LogP contribution in [-0.2, 0) is 9.53 Å². The second-order valence-electron chi connectivity index (χ2n) is 5.62. The van der Waals surface area contributed by atoms with Crippen LogP contribution in [-0.4, -0.2) is 69.6 Å². The average Bonchev–Trinajstić information content (AvgIpc) is 2.38. The fraction of sp³-hybridized carbons (Fsp3) is 0.929. The van der Waals surface area contributed by atoms with Crippen LogP contribution in [0.4, 0.5) is 0 Å². The third kappa shape index (κ3) is 5.04. The summed E-state index contributed by atoms with van der Waals surface area (Å²) < 4.78 is 5.37. The molecule has 1 aliphatic heterocycles. The highest BCUT2D eigenvalue weighted by Gasteiger charge is 2.33. The van der Waals surface area contributed by atoms with Gasteiger partial charge < -0.3 is 19.3 Å². The van der Waals surface area contributed by atoms with E-state index >= 15 is 0 Å². The predicted octanol–water partition coefficient (Wildman–Crippen LogP) is 1.26. The first-order chi connectivity index (χ1) is 8.62. The van der Waals surface area contributed by atoms with Crippen molar-refractivity contribution in [1.29, 1.82) is 0 Å². The Morgan fingerprint density at radius 1 is 1.22 bits per heavy atom. The van der Waals surface area contributed by atoms with Crippen LogP contribution < -0.4 is 0 Å². The van der Waals surface area contributed by atoms with E-state index in [1.807, 2.05) is 0 Å². The molecular formula is C14H28N2O2. The zero-order valence-electron chi connectivity index (χ0n) is 12.2. The Balaban J connectivity index is 2.41. The lowest BCUT2D eigenvalue weighted by atomic mass is 9.81. The van der Waals surface area contributed by atoms with Crippen LogP contribution in [0.5, 0.6) is 0 Å². The molecule has 0 unspecified atom stereocenters. The molecule has 18 heavy (non-hydrogen) atoms. The molecule has 0 aromatic heterocycles. The van der Waals surface area contributed by atoms with Gasteiger partial charge >= 0.3 is 0 Å². The van der Waals surface area contributed by atoms with Crippen molar-refractivity contribution < 1.29 is 9.53 Å². The Morgan fingerprint density at radius 3 is 2.39 bits per heavy atom. The van der Waals surface area contributed by atoms with E-state index in [9.17, 15) is 4.79 Å². The molecular weight excluding hydrogens is 228 g/mol. The van der Waals surface area contributed by atoms with Crippen molar-refractivity contribution in [2.75, 3.05) is 53.5 Å². The lowest BCUT2D eigenvalue weighted by Crippen LogP contribution is -2.43. The fourth-order valence-electron chi connectivity index (χ4n) is 2.50. The van der Waals surface area contributed by atoms with E-state index in [2.05, 4.69) is 30.8 Å². The largest absolute Gasteiger partial charge is 0.381 e. The smallest absolute Gasteiger partial charge is 0.127 e. The summed E-state index contributed by atoms with van der Waals surface area (Å²) in [6.45, 7) is 7.72. The van der Waals surface area contributed by atoms with E-state index < -0.39 is 0 Å². The summed E-state index contributed by atoms with van der Waals surface area (Å²) in [5, 5.41) is 0. The molecule has 0 N–H and O–H groups in total. The van der Waals surface area contributed by atoms with Crippen LogP contribution in [0, 0.1) is 5.41 Å². The minimum atomic E-state index is -0.160. The number of ether oxygens (including phenoxy) is 1. The Labute approximate surface area is 111 Å². The van der Waals surface area contributed by atoms with E-state index in [0.717, 1.165) is 58.7 Å². The van der Waals surface area contributed by atoms with Gasteiger partial charge in [-0.25, -0.2) is 0 Å². The van der Waals surface area contributed by atoms with Gasteiger partial charge in [0, 0.05) is 25.2 Å². The third-order valence-electron chi connectivity index (χ3n) is 3.80. The minimum absolute atomic E-state index is 0.160. The summed E-state index contributed by atoms with van der Waals surface area (Å²) in [6, 6.07) is 0. The van der Waals surface area contributed by atoms with Gasteiger partial charge in [0.25, 0.3) is 0 Å². The molecule has 0 saturated carbocycles. The third-order valence-corrected chi connectivity index (χ3v) is 3.80. The van der Waals surface area contributed by atoms with Crippen LogP contribution in [0.3, 0.4) is 0 Å². The maximum Gasteiger partial charge on any atom is 0.127 e. The van der Waals surface area contributed by atoms with E-state index in [0.29, 0.717) is 0 Å². The maximum atomic E-state index is 11.4. The fourth-order valence-corrected chi connectivity index (χ4v) is 2.50. The Hall–Kier alpha value is -0.450. The number of hydrogen-bond donors (Lipinski definition) is 0. The molecule has 4 nitrogen and oxygen atoms in total. The number of nitrogens with zero attached hydrogens (tertiary/aromatic N) is 2. The van der Waals surface area contributed by atoms with Crippen molar-refractivity contribution in [1.82, 2.24) is 9.80 Å². The summed E-state index contributed by atoms with van der Waals surface area (Å²) >= 11 is 0. The number of aldehydes is 1. The topological polar surface area (TPSA) is 32.8 Å². The van der Waals surface area contributed by atoms with Gasteiger partial charge in [-0.05, 0) is 53.0 Å². The summed E-state index contributed by atoms with van der Waals surface area (Å²) in [4.78, 5) is 16.0. The highest BCUT2D eigenvalue weighted by molar-refractivity contribution is 5.60. The first-order valence-electron chi connectivity index (χ1n) is 7.03. The first-order valence-corrected chi connectivity index (χ1v) is 7.03. The molecule has 1 rings (SSSR count). The molecule has 0 aromatic rings. The van der Waals surface area contributed by atoms with E-state index in [4.69, 9.17) is 4.74 Å². The molecule has 0 spiro atoms. The van der Waals surface area contributed by atoms with E-state index in [-0.39, 0.29) is 5.41 Å². The molecule has 1 heterocycles. The standard InChI is InChI=1S/C14H28N2O2/c1-4-16(9-5-8-15(2)3)12-14(13-17)6-10-18-11-7-14/h13H,4-12H2,1-3H3. The lowest BCUT2D eigenvalue weighted by molar-refractivity contribution is -0.123. The van der Waals surface area contributed by atoms with Gasteiger partial charge in [0.05, 0.1) is 0 Å². The van der Waals surface area contributed by atoms with Gasteiger partial charge in [0.1, 0.15) is 6.29 Å². The van der Waals surface area contributed by atoms with Crippen molar-refractivity contribution in [3.63, 3.8) is 0 Å². The first kappa shape index (κ1) is 15.6.